The number of hydrogen-bond donors (Lipinski definition) is 2. The van der Waals surface area contributed by atoms with E-state index in [1.54, 1.807) is 0 Å². The Kier molecular flexibility index (Phi) is 4.17. The van der Waals surface area contributed by atoms with Gasteiger partial charge in [0.1, 0.15) is 0 Å². The fraction of sp³-hybridized carbons (Fsp3) is 0.0800. The average molecular weight is 380 g/mol. The number of rotatable bonds is 4. The zero-order valence-corrected chi connectivity index (χ0v) is 16.0. The molecule has 3 aromatic carbocycles. The summed E-state index contributed by atoms with van der Waals surface area (Å²) >= 11 is 0. The van der Waals surface area contributed by atoms with Crippen LogP contribution in [0.2, 0.25) is 0 Å². The third kappa shape index (κ3) is 2.90. The monoisotopic (exact) mass is 380 g/mol. The molecule has 0 fully saturated rings. The van der Waals surface area contributed by atoms with Gasteiger partial charge in [0.15, 0.2) is 0 Å². The summed E-state index contributed by atoms with van der Waals surface area (Å²) in [5.74, 6) is -0.304. The number of carbonyl (C=O) groups excluding carboxylic acids is 1. The van der Waals surface area contributed by atoms with E-state index in [-0.39, 0.29) is 11.9 Å². The van der Waals surface area contributed by atoms with Crippen LogP contribution >= 0.6 is 0 Å². The van der Waals surface area contributed by atoms with Crippen molar-refractivity contribution in [3.63, 3.8) is 0 Å². The molecule has 0 atom stereocenters. The van der Waals surface area contributed by atoms with Crippen LogP contribution in [0.1, 0.15) is 33.0 Å². The van der Waals surface area contributed by atoms with E-state index in [1.807, 2.05) is 36.4 Å². The Balaban J connectivity index is 1.72. The van der Waals surface area contributed by atoms with Crippen LogP contribution in [-0.4, -0.2) is 23.0 Å². The molecule has 0 aliphatic rings. The maximum atomic E-state index is 11.9. The van der Waals surface area contributed by atoms with E-state index in [4.69, 9.17) is 4.74 Å². The summed E-state index contributed by atoms with van der Waals surface area (Å²) < 4.78 is 4.85. The zero-order chi connectivity index (χ0) is 19.8. The SMILES string of the molecule is COC(=O)c1ccc(C(c2c[nH]c3ccccc23)c2c[nH]c3ccccc23)cc1. The van der Waals surface area contributed by atoms with Crippen molar-refractivity contribution in [3.05, 3.63) is 107 Å². The number of esters is 1. The van der Waals surface area contributed by atoms with E-state index in [9.17, 15) is 4.79 Å². The van der Waals surface area contributed by atoms with Crippen molar-refractivity contribution in [2.45, 2.75) is 5.92 Å². The molecule has 29 heavy (non-hydrogen) atoms. The van der Waals surface area contributed by atoms with Crippen LogP contribution in [0.4, 0.5) is 0 Å². The lowest BCUT2D eigenvalue weighted by Crippen LogP contribution is -2.05. The first-order chi connectivity index (χ1) is 14.3. The molecule has 0 spiro atoms. The van der Waals surface area contributed by atoms with Gasteiger partial charge in [0.2, 0.25) is 0 Å². The molecule has 4 heteroatoms. The van der Waals surface area contributed by atoms with Gasteiger partial charge in [0.25, 0.3) is 0 Å². The van der Waals surface area contributed by atoms with Gasteiger partial charge in [0, 0.05) is 40.1 Å². The Bertz CT molecular complexity index is 1240. The molecular weight excluding hydrogens is 360 g/mol. The first-order valence-corrected chi connectivity index (χ1v) is 9.56. The minimum absolute atomic E-state index is 0.0222. The lowest BCUT2D eigenvalue weighted by atomic mass is 9.84. The Morgan fingerprint density at radius 1 is 0.759 bits per heavy atom. The van der Waals surface area contributed by atoms with Crippen LogP contribution in [0.5, 0.6) is 0 Å². The van der Waals surface area contributed by atoms with Crippen LogP contribution in [0.3, 0.4) is 0 Å². The Morgan fingerprint density at radius 3 is 1.79 bits per heavy atom. The fourth-order valence-corrected chi connectivity index (χ4v) is 4.12. The maximum absolute atomic E-state index is 11.9. The smallest absolute Gasteiger partial charge is 0.337 e. The van der Waals surface area contributed by atoms with E-state index in [0.29, 0.717) is 5.56 Å². The molecule has 142 valence electrons. The van der Waals surface area contributed by atoms with Crippen molar-refractivity contribution >= 4 is 27.8 Å². The summed E-state index contributed by atoms with van der Waals surface area (Å²) in [6, 6.07) is 24.4. The Morgan fingerprint density at radius 2 is 1.28 bits per heavy atom. The van der Waals surface area contributed by atoms with Crippen LogP contribution in [0, 0.1) is 0 Å². The standard InChI is InChI=1S/C25H20N2O2/c1-29-25(28)17-12-10-16(11-13-17)24(20-14-26-22-8-4-2-6-18(20)22)21-15-27-23-9-5-3-7-19(21)23/h2-15,24,26-27H,1H3. The number of nitrogens with one attached hydrogen (secondary N) is 2. The zero-order valence-electron chi connectivity index (χ0n) is 16.0. The van der Waals surface area contributed by atoms with E-state index < -0.39 is 0 Å². The van der Waals surface area contributed by atoms with E-state index in [0.717, 1.165) is 16.6 Å². The van der Waals surface area contributed by atoms with Crippen LogP contribution in [-0.2, 0) is 4.74 Å². The number of benzene rings is 3. The third-order valence-electron chi connectivity index (χ3n) is 5.53. The molecule has 0 aliphatic carbocycles. The molecule has 0 bridgehead atoms. The molecule has 0 saturated heterocycles. The number of methoxy groups -OCH3 is 1. The molecule has 5 rings (SSSR count). The van der Waals surface area contributed by atoms with Crippen molar-refractivity contribution in [2.75, 3.05) is 7.11 Å². The number of ether oxygens (including phenoxy) is 1. The number of aromatic amines is 2. The van der Waals surface area contributed by atoms with Gasteiger partial charge in [-0.25, -0.2) is 4.79 Å². The molecule has 0 amide bonds. The predicted octanol–water partition coefficient (Wildman–Crippen LogP) is 5.62. The Labute approximate surface area is 168 Å². The van der Waals surface area contributed by atoms with Crippen LogP contribution < -0.4 is 0 Å². The summed E-state index contributed by atoms with van der Waals surface area (Å²) in [6.07, 6.45) is 4.18. The number of aromatic nitrogens is 2. The highest BCUT2D eigenvalue weighted by atomic mass is 16.5. The van der Waals surface area contributed by atoms with Gasteiger partial charge >= 0.3 is 5.97 Å². The molecule has 0 saturated carbocycles. The number of para-hydroxylation sites is 2. The second-order valence-electron chi connectivity index (χ2n) is 7.13. The van der Waals surface area contributed by atoms with Crippen molar-refractivity contribution < 1.29 is 9.53 Å². The second-order valence-corrected chi connectivity index (χ2v) is 7.13. The average Bonchev–Trinajstić information content (AvgIpc) is 3.39. The molecule has 2 N–H and O–H groups in total. The van der Waals surface area contributed by atoms with Crippen LogP contribution in [0.25, 0.3) is 21.8 Å². The second kappa shape index (κ2) is 6.99. The summed E-state index contributed by atoms with van der Waals surface area (Å²) in [6.45, 7) is 0. The lowest BCUT2D eigenvalue weighted by Gasteiger charge is -2.18. The first-order valence-electron chi connectivity index (χ1n) is 9.56. The van der Waals surface area contributed by atoms with Gasteiger partial charge in [-0.3, -0.25) is 0 Å². The van der Waals surface area contributed by atoms with Crippen molar-refractivity contribution in [3.8, 4) is 0 Å². The summed E-state index contributed by atoms with van der Waals surface area (Å²) in [7, 11) is 1.40. The number of fused-ring (bicyclic) bond motifs is 2. The Hall–Kier alpha value is -3.79. The van der Waals surface area contributed by atoms with Gasteiger partial charge in [0.05, 0.1) is 12.7 Å². The molecule has 4 nitrogen and oxygen atoms in total. The lowest BCUT2D eigenvalue weighted by molar-refractivity contribution is 0.0600. The van der Waals surface area contributed by atoms with Crippen molar-refractivity contribution in [1.82, 2.24) is 9.97 Å². The van der Waals surface area contributed by atoms with Crippen molar-refractivity contribution in [2.24, 2.45) is 0 Å². The van der Waals surface area contributed by atoms with E-state index in [1.165, 1.54) is 29.0 Å². The molecule has 2 heterocycles. The summed E-state index contributed by atoms with van der Waals surface area (Å²) in [5, 5.41) is 2.39. The van der Waals surface area contributed by atoms with Gasteiger partial charge in [-0.2, -0.15) is 0 Å². The number of H-pyrrole nitrogens is 2. The predicted molar refractivity (Wildman–Crippen MR) is 115 cm³/mol. The number of carbonyl (C=O) groups is 1. The molecule has 2 aromatic heterocycles. The van der Waals surface area contributed by atoms with Crippen molar-refractivity contribution in [1.29, 1.82) is 0 Å². The normalized spacial score (nSPS) is 11.4. The van der Waals surface area contributed by atoms with E-state index >= 15 is 0 Å². The highest BCUT2D eigenvalue weighted by molar-refractivity contribution is 5.90. The molecule has 0 aliphatic heterocycles. The topological polar surface area (TPSA) is 57.9 Å². The highest BCUT2D eigenvalue weighted by Crippen LogP contribution is 2.39. The highest BCUT2D eigenvalue weighted by Gasteiger charge is 2.23. The largest absolute Gasteiger partial charge is 0.465 e. The summed E-state index contributed by atoms with van der Waals surface area (Å²) in [4.78, 5) is 18.7. The van der Waals surface area contributed by atoms with Gasteiger partial charge in [-0.15, -0.1) is 0 Å². The fourth-order valence-electron chi connectivity index (χ4n) is 4.12. The first kappa shape index (κ1) is 17.3. The van der Waals surface area contributed by atoms with Gasteiger partial charge in [-0.05, 0) is 41.0 Å². The molecule has 0 radical (unpaired) electrons. The molecular formula is C25H20N2O2. The molecule has 5 aromatic rings. The van der Waals surface area contributed by atoms with E-state index in [2.05, 4.69) is 58.8 Å². The quantitative estimate of drug-likeness (QED) is 0.398. The number of hydrogen-bond acceptors (Lipinski definition) is 2. The third-order valence-corrected chi connectivity index (χ3v) is 5.53. The van der Waals surface area contributed by atoms with Gasteiger partial charge in [-0.1, -0.05) is 48.5 Å². The summed E-state index contributed by atoms with van der Waals surface area (Å²) in [5.41, 5.74) is 6.30. The maximum Gasteiger partial charge on any atom is 0.337 e. The van der Waals surface area contributed by atoms with Gasteiger partial charge < -0.3 is 14.7 Å². The minimum Gasteiger partial charge on any atom is -0.465 e. The van der Waals surface area contributed by atoms with Crippen LogP contribution in [0.15, 0.2) is 85.2 Å². The minimum atomic E-state index is -0.327. The molecule has 0 unspecified atom stereocenters.